The van der Waals surface area contributed by atoms with E-state index in [1.54, 1.807) is 0 Å². The van der Waals surface area contributed by atoms with Gasteiger partial charge in [-0.25, -0.2) is 4.98 Å². The maximum Gasteiger partial charge on any atom is 0.128 e. The molecule has 5 heteroatoms. The first kappa shape index (κ1) is 16.7. The normalized spacial score (nSPS) is 18.8. The molecule has 0 radical (unpaired) electrons. The van der Waals surface area contributed by atoms with Gasteiger partial charge >= 0.3 is 0 Å². The Bertz CT molecular complexity index is 611. The Morgan fingerprint density at radius 3 is 2.75 bits per heavy atom. The molecule has 2 aromatic rings. The third-order valence-electron chi connectivity index (χ3n) is 4.51. The van der Waals surface area contributed by atoms with Crippen LogP contribution in [0.1, 0.15) is 25.0 Å². The van der Waals surface area contributed by atoms with Crippen LogP contribution < -0.4 is 10.2 Å². The highest BCUT2D eigenvalue weighted by Crippen LogP contribution is 2.19. The number of pyridine rings is 2. The molecule has 128 valence electrons. The fraction of sp³-hybridized carbons (Fsp3) is 0.474. The Hall–Kier alpha value is -2.14. The lowest BCUT2D eigenvalue weighted by molar-refractivity contribution is 0.273. The molecule has 0 saturated carbocycles. The van der Waals surface area contributed by atoms with Gasteiger partial charge in [-0.05, 0) is 50.1 Å². The SMILES string of the molecule is CN(C)c1ccc(N[C@@H]2CCCN(Cc3ccccn3)CC2)cn1. The Balaban J connectivity index is 1.52. The predicted octanol–water partition coefficient (Wildman–Crippen LogP) is 3.01. The van der Waals surface area contributed by atoms with Gasteiger partial charge < -0.3 is 10.2 Å². The van der Waals surface area contributed by atoms with Crippen molar-refractivity contribution in [2.75, 3.05) is 37.4 Å². The summed E-state index contributed by atoms with van der Waals surface area (Å²) in [7, 11) is 4.02. The fourth-order valence-corrected chi connectivity index (χ4v) is 3.15. The van der Waals surface area contributed by atoms with Crippen LogP contribution in [0.4, 0.5) is 11.5 Å². The molecule has 24 heavy (non-hydrogen) atoms. The molecule has 1 N–H and O–H groups in total. The van der Waals surface area contributed by atoms with E-state index in [9.17, 15) is 0 Å². The average molecular weight is 325 g/mol. The van der Waals surface area contributed by atoms with E-state index in [0.29, 0.717) is 6.04 Å². The number of anilines is 2. The second kappa shape index (κ2) is 8.11. The van der Waals surface area contributed by atoms with Gasteiger partial charge in [0, 0.05) is 39.4 Å². The van der Waals surface area contributed by atoms with Crippen molar-refractivity contribution in [3.05, 3.63) is 48.4 Å². The first-order valence-corrected chi connectivity index (χ1v) is 8.73. The van der Waals surface area contributed by atoms with Crippen LogP contribution in [-0.4, -0.2) is 48.1 Å². The number of nitrogens with zero attached hydrogens (tertiary/aromatic N) is 4. The summed E-state index contributed by atoms with van der Waals surface area (Å²) in [6, 6.07) is 10.9. The first-order valence-electron chi connectivity index (χ1n) is 8.73. The van der Waals surface area contributed by atoms with E-state index >= 15 is 0 Å². The minimum absolute atomic E-state index is 0.519. The van der Waals surface area contributed by atoms with E-state index in [1.807, 2.05) is 37.5 Å². The lowest BCUT2D eigenvalue weighted by Crippen LogP contribution is -2.26. The van der Waals surface area contributed by atoms with E-state index in [-0.39, 0.29) is 0 Å². The minimum Gasteiger partial charge on any atom is -0.381 e. The van der Waals surface area contributed by atoms with Gasteiger partial charge in [0.1, 0.15) is 5.82 Å². The zero-order chi connectivity index (χ0) is 16.8. The van der Waals surface area contributed by atoms with Gasteiger partial charge in [-0.1, -0.05) is 6.07 Å². The molecular weight excluding hydrogens is 298 g/mol. The number of hydrogen-bond acceptors (Lipinski definition) is 5. The van der Waals surface area contributed by atoms with E-state index < -0.39 is 0 Å². The van der Waals surface area contributed by atoms with Crippen LogP contribution in [0.25, 0.3) is 0 Å². The fourth-order valence-electron chi connectivity index (χ4n) is 3.15. The van der Waals surface area contributed by atoms with Crippen LogP contribution in [0.5, 0.6) is 0 Å². The average Bonchev–Trinajstić information content (AvgIpc) is 2.82. The van der Waals surface area contributed by atoms with Gasteiger partial charge in [0.2, 0.25) is 0 Å². The number of nitrogens with one attached hydrogen (secondary N) is 1. The van der Waals surface area contributed by atoms with Crippen molar-refractivity contribution in [2.45, 2.75) is 31.8 Å². The number of hydrogen-bond donors (Lipinski definition) is 1. The minimum atomic E-state index is 0.519. The van der Waals surface area contributed by atoms with Gasteiger partial charge in [0.05, 0.1) is 17.6 Å². The molecule has 5 nitrogen and oxygen atoms in total. The zero-order valence-electron chi connectivity index (χ0n) is 14.7. The standard InChI is InChI=1S/C19H27N5/c1-23(2)19-9-8-17(14-21-19)22-16-7-5-12-24(13-10-16)15-18-6-3-4-11-20-18/h3-4,6,8-9,11,14,16,22H,5,7,10,12-13,15H2,1-2H3/t16-/m1/s1. The van der Waals surface area contributed by atoms with E-state index in [4.69, 9.17) is 0 Å². The molecule has 1 fully saturated rings. The van der Waals surface area contributed by atoms with Crippen LogP contribution >= 0.6 is 0 Å². The van der Waals surface area contributed by atoms with Crippen LogP contribution in [0, 0.1) is 0 Å². The topological polar surface area (TPSA) is 44.3 Å². The number of aromatic nitrogens is 2. The molecule has 1 aliphatic rings. The zero-order valence-corrected chi connectivity index (χ0v) is 14.7. The van der Waals surface area contributed by atoms with Gasteiger partial charge in [-0.2, -0.15) is 0 Å². The molecule has 3 heterocycles. The summed E-state index contributed by atoms with van der Waals surface area (Å²) in [5.74, 6) is 0.989. The highest BCUT2D eigenvalue weighted by Gasteiger charge is 2.17. The Morgan fingerprint density at radius 2 is 2.04 bits per heavy atom. The molecule has 0 spiro atoms. The van der Waals surface area contributed by atoms with Gasteiger partial charge in [-0.3, -0.25) is 9.88 Å². The van der Waals surface area contributed by atoms with Crippen LogP contribution in [-0.2, 0) is 6.54 Å². The molecule has 0 amide bonds. The molecule has 1 atom stereocenters. The smallest absolute Gasteiger partial charge is 0.128 e. The molecule has 0 aromatic carbocycles. The second-order valence-electron chi connectivity index (χ2n) is 6.67. The first-order chi connectivity index (χ1) is 11.7. The largest absolute Gasteiger partial charge is 0.381 e. The Morgan fingerprint density at radius 1 is 1.12 bits per heavy atom. The summed E-state index contributed by atoms with van der Waals surface area (Å²) in [6.45, 7) is 3.21. The maximum atomic E-state index is 4.48. The second-order valence-corrected chi connectivity index (χ2v) is 6.67. The monoisotopic (exact) mass is 325 g/mol. The van der Waals surface area contributed by atoms with Crippen molar-refractivity contribution in [1.82, 2.24) is 14.9 Å². The van der Waals surface area contributed by atoms with Gasteiger partial charge in [0.25, 0.3) is 0 Å². The summed E-state index contributed by atoms with van der Waals surface area (Å²) in [4.78, 5) is 13.5. The molecule has 0 bridgehead atoms. The van der Waals surface area contributed by atoms with Crippen molar-refractivity contribution >= 4 is 11.5 Å². The van der Waals surface area contributed by atoms with E-state index in [2.05, 4.69) is 44.5 Å². The summed E-state index contributed by atoms with van der Waals surface area (Å²) in [5.41, 5.74) is 2.27. The maximum absolute atomic E-state index is 4.48. The summed E-state index contributed by atoms with van der Waals surface area (Å²) in [6.07, 6.45) is 7.39. The number of likely N-dealkylation sites (tertiary alicyclic amines) is 1. The summed E-state index contributed by atoms with van der Waals surface area (Å²) < 4.78 is 0. The molecular formula is C19H27N5. The molecule has 0 aliphatic carbocycles. The molecule has 2 aromatic heterocycles. The van der Waals surface area contributed by atoms with Crippen LogP contribution in [0.2, 0.25) is 0 Å². The van der Waals surface area contributed by atoms with Crippen molar-refractivity contribution in [1.29, 1.82) is 0 Å². The van der Waals surface area contributed by atoms with Crippen molar-refractivity contribution in [3.63, 3.8) is 0 Å². The quantitative estimate of drug-likeness (QED) is 0.915. The lowest BCUT2D eigenvalue weighted by Gasteiger charge is -2.20. The van der Waals surface area contributed by atoms with Gasteiger partial charge in [0.15, 0.2) is 0 Å². The third kappa shape index (κ3) is 4.68. The third-order valence-corrected chi connectivity index (χ3v) is 4.51. The van der Waals surface area contributed by atoms with Crippen LogP contribution in [0.3, 0.4) is 0 Å². The molecule has 3 rings (SSSR count). The lowest BCUT2D eigenvalue weighted by atomic mass is 10.1. The summed E-state index contributed by atoms with van der Waals surface area (Å²) in [5, 5.41) is 3.65. The van der Waals surface area contributed by atoms with Gasteiger partial charge in [-0.15, -0.1) is 0 Å². The number of rotatable bonds is 5. The van der Waals surface area contributed by atoms with Crippen LogP contribution in [0.15, 0.2) is 42.7 Å². The Kier molecular flexibility index (Phi) is 5.64. The highest BCUT2D eigenvalue weighted by molar-refractivity contribution is 5.48. The van der Waals surface area contributed by atoms with Crippen molar-refractivity contribution < 1.29 is 0 Å². The van der Waals surface area contributed by atoms with E-state index in [1.165, 1.54) is 12.8 Å². The highest BCUT2D eigenvalue weighted by atomic mass is 15.1. The molecule has 1 aliphatic heterocycles. The summed E-state index contributed by atoms with van der Waals surface area (Å²) >= 11 is 0. The molecule has 1 saturated heterocycles. The van der Waals surface area contributed by atoms with Crippen molar-refractivity contribution in [2.24, 2.45) is 0 Å². The predicted molar refractivity (Wildman–Crippen MR) is 99.3 cm³/mol. The van der Waals surface area contributed by atoms with Crippen molar-refractivity contribution in [3.8, 4) is 0 Å². The Labute approximate surface area is 144 Å². The van der Waals surface area contributed by atoms with E-state index in [0.717, 1.165) is 43.3 Å². The molecule has 0 unspecified atom stereocenters.